The van der Waals surface area contributed by atoms with Crippen LogP contribution in [0, 0.1) is 11.7 Å². The van der Waals surface area contributed by atoms with Gasteiger partial charge in [-0.2, -0.15) is 0 Å². The number of halogens is 1. The second-order valence-corrected chi connectivity index (χ2v) is 7.69. The first-order chi connectivity index (χ1) is 14.3. The van der Waals surface area contributed by atoms with Crippen molar-refractivity contribution in [3.63, 3.8) is 0 Å². The number of benzene rings is 2. The van der Waals surface area contributed by atoms with Crippen LogP contribution in [0.2, 0.25) is 0 Å². The minimum atomic E-state index is -0.677. The van der Waals surface area contributed by atoms with Crippen molar-refractivity contribution in [2.24, 2.45) is 5.92 Å². The highest BCUT2D eigenvalue weighted by Crippen LogP contribution is 2.33. The summed E-state index contributed by atoms with van der Waals surface area (Å²) < 4.78 is 23.9. The number of hydrogen-bond acceptors (Lipinski definition) is 4. The van der Waals surface area contributed by atoms with Crippen LogP contribution in [-0.4, -0.2) is 43.5 Å². The van der Waals surface area contributed by atoms with Crippen molar-refractivity contribution in [3.8, 4) is 11.5 Å². The van der Waals surface area contributed by atoms with Crippen molar-refractivity contribution in [2.45, 2.75) is 32.9 Å². The summed E-state index contributed by atoms with van der Waals surface area (Å²) in [5.41, 5.74) is 2.43. The molecule has 30 heavy (non-hydrogen) atoms. The number of rotatable bonds is 6. The Kier molecular flexibility index (Phi) is 6.59. The molecule has 6 nitrogen and oxygen atoms in total. The van der Waals surface area contributed by atoms with Crippen molar-refractivity contribution >= 4 is 11.8 Å². The molecule has 2 aromatic carbocycles. The lowest BCUT2D eigenvalue weighted by molar-refractivity contribution is -0.135. The number of fused-ring (bicyclic) bond motifs is 1. The van der Waals surface area contributed by atoms with Gasteiger partial charge in [-0.3, -0.25) is 9.59 Å². The van der Waals surface area contributed by atoms with Gasteiger partial charge in [0.25, 0.3) is 5.91 Å². The van der Waals surface area contributed by atoms with Crippen molar-refractivity contribution in [2.75, 3.05) is 20.8 Å². The maximum atomic E-state index is 13.2. The average molecular weight is 414 g/mol. The van der Waals surface area contributed by atoms with Gasteiger partial charge in [-0.05, 0) is 59.9 Å². The highest BCUT2D eigenvalue weighted by Gasteiger charge is 2.31. The summed E-state index contributed by atoms with van der Waals surface area (Å²) in [6, 6.07) is 8.44. The van der Waals surface area contributed by atoms with Gasteiger partial charge in [-0.15, -0.1) is 0 Å². The lowest BCUT2D eigenvalue weighted by Gasteiger charge is -2.33. The van der Waals surface area contributed by atoms with Crippen LogP contribution in [0.15, 0.2) is 36.4 Å². The molecular weight excluding hydrogens is 387 g/mol. The predicted molar refractivity (Wildman–Crippen MR) is 111 cm³/mol. The van der Waals surface area contributed by atoms with E-state index in [4.69, 9.17) is 9.47 Å². The maximum Gasteiger partial charge on any atom is 0.251 e. The van der Waals surface area contributed by atoms with Gasteiger partial charge in [0.1, 0.15) is 11.9 Å². The lowest BCUT2D eigenvalue weighted by Crippen LogP contribution is -2.52. The van der Waals surface area contributed by atoms with E-state index >= 15 is 0 Å². The average Bonchev–Trinajstić information content (AvgIpc) is 2.75. The van der Waals surface area contributed by atoms with E-state index < -0.39 is 17.8 Å². The van der Waals surface area contributed by atoms with Crippen LogP contribution >= 0.6 is 0 Å². The highest BCUT2D eigenvalue weighted by atomic mass is 19.1. The van der Waals surface area contributed by atoms with Crippen molar-refractivity contribution in [1.29, 1.82) is 0 Å². The number of carbonyl (C=O) groups excluding carboxylic acids is 2. The molecule has 0 saturated heterocycles. The Labute approximate surface area is 176 Å². The van der Waals surface area contributed by atoms with Crippen LogP contribution < -0.4 is 14.8 Å². The largest absolute Gasteiger partial charge is 0.493 e. The Hall–Kier alpha value is -3.09. The SMILES string of the molecule is COc1cc2c(cc1OC)CN(C(=O)C(NC(=O)c1ccc(F)cc1)C(C)C)CC2. The van der Waals surface area contributed by atoms with Crippen molar-refractivity contribution < 1.29 is 23.5 Å². The van der Waals surface area contributed by atoms with Crippen LogP contribution in [0.5, 0.6) is 11.5 Å². The number of hydrogen-bond donors (Lipinski definition) is 1. The van der Waals surface area contributed by atoms with Gasteiger partial charge in [0.05, 0.1) is 14.2 Å². The molecule has 1 aliphatic rings. The first-order valence-corrected chi connectivity index (χ1v) is 9.93. The molecule has 3 rings (SSSR count). The Morgan fingerprint density at radius 3 is 2.20 bits per heavy atom. The first kappa shape index (κ1) is 21.6. The summed E-state index contributed by atoms with van der Waals surface area (Å²) >= 11 is 0. The van der Waals surface area contributed by atoms with Gasteiger partial charge >= 0.3 is 0 Å². The second kappa shape index (κ2) is 9.15. The predicted octanol–water partition coefficient (Wildman–Crippen LogP) is 3.18. The zero-order chi connectivity index (χ0) is 21.8. The monoisotopic (exact) mass is 414 g/mol. The Balaban J connectivity index is 1.76. The van der Waals surface area contributed by atoms with Gasteiger partial charge in [0.15, 0.2) is 11.5 Å². The van der Waals surface area contributed by atoms with E-state index in [1.807, 2.05) is 26.0 Å². The Bertz CT molecular complexity index is 928. The molecule has 1 N–H and O–H groups in total. The third kappa shape index (κ3) is 4.56. The van der Waals surface area contributed by atoms with E-state index in [9.17, 15) is 14.0 Å². The number of amides is 2. The molecule has 7 heteroatoms. The van der Waals surface area contributed by atoms with E-state index in [2.05, 4.69) is 5.32 Å². The molecule has 0 bridgehead atoms. The maximum absolute atomic E-state index is 13.2. The molecular formula is C23H27FN2O4. The van der Waals surface area contributed by atoms with Gasteiger partial charge in [0.2, 0.25) is 5.91 Å². The molecule has 0 aromatic heterocycles. The molecule has 2 aromatic rings. The topological polar surface area (TPSA) is 67.9 Å². The van der Waals surface area contributed by atoms with Crippen molar-refractivity contribution in [3.05, 3.63) is 58.9 Å². The molecule has 0 spiro atoms. The number of methoxy groups -OCH3 is 2. The van der Waals surface area contributed by atoms with E-state index in [1.54, 1.807) is 19.1 Å². The highest BCUT2D eigenvalue weighted by molar-refractivity contribution is 5.97. The van der Waals surface area contributed by atoms with Gasteiger partial charge in [-0.25, -0.2) is 4.39 Å². The van der Waals surface area contributed by atoms with Crippen molar-refractivity contribution in [1.82, 2.24) is 10.2 Å². The van der Waals surface area contributed by atoms with Crippen LogP contribution in [0.1, 0.15) is 35.3 Å². The van der Waals surface area contributed by atoms with Gasteiger partial charge in [-0.1, -0.05) is 13.8 Å². The van der Waals surface area contributed by atoms with E-state index in [-0.39, 0.29) is 11.8 Å². The molecule has 1 heterocycles. The fourth-order valence-electron chi connectivity index (χ4n) is 3.61. The summed E-state index contributed by atoms with van der Waals surface area (Å²) in [5, 5.41) is 2.82. The molecule has 1 aliphatic heterocycles. The fraction of sp³-hybridized carbons (Fsp3) is 0.391. The fourth-order valence-corrected chi connectivity index (χ4v) is 3.61. The van der Waals surface area contributed by atoms with Gasteiger partial charge < -0.3 is 19.7 Å². The lowest BCUT2D eigenvalue weighted by atomic mass is 9.96. The minimum absolute atomic E-state index is 0.103. The summed E-state index contributed by atoms with van der Waals surface area (Å²) in [5.74, 6) is 0.237. The summed E-state index contributed by atoms with van der Waals surface area (Å²) in [6.07, 6.45) is 0.693. The molecule has 0 aliphatic carbocycles. The zero-order valence-electron chi connectivity index (χ0n) is 17.7. The molecule has 160 valence electrons. The summed E-state index contributed by atoms with van der Waals surface area (Å²) in [6.45, 7) is 4.76. The molecule has 1 atom stereocenters. The third-order valence-corrected chi connectivity index (χ3v) is 5.36. The molecule has 0 saturated carbocycles. The third-order valence-electron chi connectivity index (χ3n) is 5.36. The van der Waals surface area contributed by atoms with Gasteiger partial charge in [0, 0.05) is 18.7 Å². The number of nitrogens with one attached hydrogen (secondary N) is 1. The van der Waals surface area contributed by atoms with E-state index in [1.165, 1.54) is 24.3 Å². The Morgan fingerprint density at radius 2 is 1.63 bits per heavy atom. The quantitative estimate of drug-likeness (QED) is 0.788. The molecule has 2 amide bonds. The van der Waals surface area contributed by atoms with E-state index in [0.717, 1.165) is 11.1 Å². The van der Waals surface area contributed by atoms with E-state index in [0.29, 0.717) is 36.6 Å². The summed E-state index contributed by atoms with van der Waals surface area (Å²) in [4.78, 5) is 27.6. The standard InChI is InChI=1S/C23H27FN2O4/c1-14(2)21(25-22(27)15-5-7-18(24)8-6-15)23(28)26-10-9-16-11-19(29-3)20(30-4)12-17(16)13-26/h5-8,11-12,14,21H,9-10,13H2,1-4H3,(H,25,27). The minimum Gasteiger partial charge on any atom is -0.493 e. The smallest absolute Gasteiger partial charge is 0.251 e. The molecule has 0 fully saturated rings. The molecule has 1 unspecified atom stereocenters. The zero-order valence-corrected chi connectivity index (χ0v) is 17.7. The number of carbonyl (C=O) groups is 2. The summed E-state index contributed by atoms with van der Waals surface area (Å²) in [7, 11) is 3.18. The first-order valence-electron chi connectivity index (χ1n) is 9.93. The Morgan fingerprint density at radius 1 is 1.03 bits per heavy atom. The normalized spacial score (nSPS) is 14.1. The second-order valence-electron chi connectivity index (χ2n) is 7.69. The number of ether oxygens (including phenoxy) is 2. The number of nitrogens with zero attached hydrogens (tertiary/aromatic N) is 1. The van der Waals surface area contributed by atoms with Crippen LogP contribution in [0.3, 0.4) is 0 Å². The van der Waals surface area contributed by atoms with Crippen LogP contribution in [0.25, 0.3) is 0 Å². The van der Waals surface area contributed by atoms with Crippen LogP contribution in [-0.2, 0) is 17.8 Å². The molecule has 0 radical (unpaired) electrons. The van der Waals surface area contributed by atoms with Crippen LogP contribution in [0.4, 0.5) is 4.39 Å².